The fourth-order valence-electron chi connectivity index (χ4n) is 4.48. The van der Waals surface area contributed by atoms with E-state index in [0.717, 1.165) is 5.56 Å². The van der Waals surface area contributed by atoms with E-state index in [1.165, 1.54) is 10.6 Å². The molecular formula is C23H22F5N7O2. The summed E-state index contributed by atoms with van der Waals surface area (Å²) >= 11 is 0. The molecule has 37 heavy (non-hydrogen) atoms. The predicted octanol–water partition coefficient (Wildman–Crippen LogP) is 4.53. The molecule has 14 heteroatoms. The predicted molar refractivity (Wildman–Crippen MR) is 123 cm³/mol. The van der Waals surface area contributed by atoms with Crippen LogP contribution in [0.15, 0.2) is 36.9 Å². The standard InChI is InChI=1S/C23H22F5N7O2/c24-18(25)10-31-21(36)17-9-29-19-6-1-12(11-35(17)19)15-7-30-20-16(15)8-32-22(34-20)33-13-2-4-14(5-3-13)37-23(26,27)28/h1,6-9,11,13-14,18H,2-5,10H2,(H,31,36)(H2,30,32,33,34)/t13-,14+. The number of alkyl halides is 5. The van der Waals surface area contributed by atoms with E-state index >= 15 is 0 Å². The lowest BCUT2D eigenvalue weighted by Gasteiger charge is -2.29. The van der Waals surface area contributed by atoms with Crippen molar-refractivity contribution in [1.29, 1.82) is 0 Å². The first-order valence-corrected chi connectivity index (χ1v) is 11.6. The van der Waals surface area contributed by atoms with Crippen molar-refractivity contribution in [3.63, 3.8) is 0 Å². The number of anilines is 1. The van der Waals surface area contributed by atoms with Crippen molar-refractivity contribution in [3.8, 4) is 11.1 Å². The third-order valence-corrected chi connectivity index (χ3v) is 6.21. The summed E-state index contributed by atoms with van der Waals surface area (Å²) < 4.78 is 67.9. The Hall–Kier alpha value is -3.81. The lowest BCUT2D eigenvalue weighted by Crippen LogP contribution is -2.33. The van der Waals surface area contributed by atoms with Crippen molar-refractivity contribution < 1.29 is 31.5 Å². The molecular weight excluding hydrogens is 501 g/mol. The summed E-state index contributed by atoms with van der Waals surface area (Å²) in [5, 5.41) is 6.05. The molecule has 3 N–H and O–H groups in total. The lowest BCUT2D eigenvalue weighted by atomic mass is 9.93. The molecule has 0 atom stereocenters. The van der Waals surface area contributed by atoms with Gasteiger partial charge in [-0.3, -0.25) is 13.9 Å². The average molecular weight is 523 g/mol. The summed E-state index contributed by atoms with van der Waals surface area (Å²) in [5.41, 5.74) is 2.61. The highest BCUT2D eigenvalue weighted by Crippen LogP contribution is 2.31. The maximum Gasteiger partial charge on any atom is 0.522 e. The summed E-state index contributed by atoms with van der Waals surface area (Å²) in [5.74, 6) is -0.314. The van der Waals surface area contributed by atoms with Crippen LogP contribution in [0.25, 0.3) is 27.8 Å². The molecule has 0 radical (unpaired) electrons. The number of pyridine rings is 1. The Morgan fingerprint density at radius 1 is 1.16 bits per heavy atom. The van der Waals surface area contributed by atoms with Crippen LogP contribution in [0.4, 0.5) is 27.9 Å². The number of aromatic nitrogens is 5. The van der Waals surface area contributed by atoms with Gasteiger partial charge in [0.15, 0.2) is 0 Å². The number of nitrogens with zero attached hydrogens (tertiary/aromatic N) is 4. The number of H-pyrrole nitrogens is 1. The molecule has 1 amide bonds. The number of amides is 1. The fourth-order valence-corrected chi connectivity index (χ4v) is 4.48. The molecule has 9 nitrogen and oxygen atoms in total. The van der Waals surface area contributed by atoms with Gasteiger partial charge in [0.1, 0.15) is 17.0 Å². The molecule has 0 spiro atoms. The topological polar surface area (TPSA) is 109 Å². The van der Waals surface area contributed by atoms with Gasteiger partial charge >= 0.3 is 6.36 Å². The van der Waals surface area contributed by atoms with Crippen molar-refractivity contribution in [3.05, 3.63) is 42.6 Å². The minimum atomic E-state index is -4.63. The van der Waals surface area contributed by atoms with E-state index in [0.29, 0.717) is 41.0 Å². The number of hydrogen-bond donors (Lipinski definition) is 3. The molecule has 196 valence electrons. The smallest absolute Gasteiger partial charge is 0.351 e. The van der Waals surface area contributed by atoms with Crippen LogP contribution in [-0.2, 0) is 4.74 Å². The first-order valence-electron chi connectivity index (χ1n) is 11.6. The number of carbonyl (C=O) groups is 1. The quantitative estimate of drug-likeness (QED) is 0.307. The Morgan fingerprint density at radius 3 is 2.68 bits per heavy atom. The van der Waals surface area contributed by atoms with Crippen molar-refractivity contribution >= 4 is 28.5 Å². The van der Waals surface area contributed by atoms with E-state index in [-0.39, 0.29) is 24.6 Å². The van der Waals surface area contributed by atoms with Gasteiger partial charge in [0.25, 0.3) is 12.3 Å². The maximum atomic E-state index is 12.5. The van der Waals surface area contributed by atoms with Crippen molar-refractivity contribution in [1.82, 2.24) is 29.7 Å². The SMILES string of the molecule is O=C(NCC(F)F)c1cnc2ccc(-c3c[nH]c4nc(N[C@H]5CC[C@@H](OC(F)(F)F)CC5)ncc34)cn12. The van der Waals surface area contributed by atoms with E-state index in [1.54, 1.807) is 30.7 Å². The van der Waals surface area contributed by atoms with Crippen LogP contribution in [0, 0.1) is 0 Å². The zero-order chi connectivity index (χ0) is 26.2. The van der Waals surface area contributed by atoms with Gasteiger partial charge < -0.3 is 15.6 Å². The van der Waals surface area contributed by atoms with Crippen LogP contribution >= 0.6 is 0 Å². The first kappa shape index (κ1) is 24.9. The molecule has 1 saturated carbocycles. The minimum absolute atomic E-state index is 0.0711. The molecule has 1 aliphatic carbocycles. The molecule has 4 aromatic heterocycles. The van der Waals surface area contributed by atoms with Gasteiger partial charge in [0.05, 0.1) is 18.8 Å². The summed E-state index contributed by atoms with van der Waals surface area (Å²) in [6, 6.07) is 3.44. The third kappa shape index (κ3) is 5.63. The van der Waals surface area contributed by atoms with Crippen LogP contribution in [0.5, 0.6) is 0 Å². The zero-order valence-electron chi connectivity index (χ0n) is 19.2. The molecule has 5 rings (SSSR count). The molecule has 0 aliphatic heterocycles. The van der Waals surface area contributed by atoms with Gasteiger partial charge in [-0.1, -0.05) is 0 Å². The van der Waals surface area contributed by atoms with Crippen LogP contribution in [0.2, 0.25) is 0 Å². The number of fused-ring (bicyclic) bond motifs is 2. The van der Waals surface area contributed by atoms with Gasteiger partial charge in [-0.25, -0.2) is 18.7 Å². The van der Waals surface area contributed by atoms with E-state index in [2.05, 4.69) is 35.3 Å². The van der Waals surface area contributed by atoms with Crippen molar-refractivity contribution in [2.24, 2.45) is 0 Å². The minimum Gasteiger partial charge on any atom is -0.351 e. The van der Waals surface area contributed by atoms with Crippen LogP contribution in [-0.4, -0.2) is 61.7 Å². The number of nitrogens with one attached hydrogen (secondary N) is 3. The Bertz CT molecular complexity index is 1410. The number of carbonyl (C=O) groups excluding carboxylic acids is 1. The maximum absolute atomic E-state index is 12.5. The Kier molecular flexibility index (Phi) is 6.67. The van der Waals surface area contributed by atoms with E-state index in [1.807, 2.05) is 0 Å². The number of imidazole rings is 1. The van der Waals surface area contributed by atoms with E-state index in [4.69, 9.17) is 0 Å². The molecule has 0 aromatic carbocycles. The molecule has 0 unspecified atom stereocenters. The van der Waals surface area contributed by atoms with Gasteiger partial charge in [0, 0.05) is 41.1 Å². The van der Waals surface area contributed by atoms with Gasteiger partial charge in [-0.2, -0.15) is 4.98 Å². The van der Waals surface area contributed by atoms with Crippen molar-refractivity contribution in [2.45, 2.75) is 50.6 Å². The molecule has 4 heterocycles. The van der Waals surface area contributed by atoms with Crippen LogP contribution in [0.1, 0.15) is 36.2 Å². The average Bonchev–Trinajstić information content (AvgIpc) is 3.46. The van der Waals surface area contributed by atoms with E-state index < -0.39 is 31.3 Å². The number of aromatic amines is 1. The molecule has 0 saturated heterocycles. The molecule has 4 aromatic rings. The highest BCUT2D eigenvalue weighted by Gasteiger charge is 2.35. The summed E-state index contributed by atoms with van der Waals surface area (Å²) in [6.45, 7) is -0.759. The summed E-state index contributed by atoms with van der Waals surface area (Å²) in [6.07, 6.45) is -0.216. The third-order valence-electron chi connectivity index (χ3n) is 6.21. The Morgan fingerprint density at radius 2 is 1.95 bits per heavy atom. The van der Waals surface area contributed by atoms with Crippen molar-refractivity contribution in [2.75, 3.05) is 11.9 Å². The van der Waals surface area contributed by atoms with Crippen LogP contribution < -0.4 is 10.6 Å². The molecule has 0 bridgehead atoms. The van der Waals surface area contributed by atoms with E-state index in [9.17, 15) is 26.7 Å². The van der Waals surface area contributed by atoms with Gasteiger partial charge in [-0.05, 0) is 37.8 Å². The second-order valence-electron chi connectivity index (χ2n) is 8.73. The monoisotopic (exact) mass is 523 g/mol. The number of ether oxygens (including phenoxy) is 1. The van der Waals surface area contributed by atoms with Crippen LogP contribution in [0.3, 0.4) is 0 Å². The second-order valence-corrected chi connectivity index (χ2v) is 8.73. The molecule has 1 fully saturated rings. The largest absolute Gasteiger partial charge is 0.522 e. The number of rotatable bonds is 7. The normalized spacial score (nSPS) is 18.5. The lowest BCUT2D eigenvalue weighted by molar-refractivity contribution is -0.345. The second kappa shape index (κ2) is 9.92. The summed E-state index contributed by atoms with van der Waals surface area (Å²) in [4.78, 5) is 28.4. The zero-order valence-corrected chi connectivity index (χ0v) is 19.2. The first-order chi connectivity index (χ1) is 17.7. The van der Waals surface area contributed by atoms with Gasteiger partial charge in [-0.15, -0.1) is 13.2 Å². The highest BCUT2D eigenvalue weighted by atomic mass is 19.4. The Labute approximate surface area is 206 Å². The Balaban J connectivity index is 1.31. The summed E-state index contributed by atoms with van der Waals surface area (Å²) in [7, 11) is 0. The fraction of sp³-hybridized carbons (Fsp3) is 0.391. The molecule has 1 aliphatic rings. The number of halogens is 5. The van der Waals surface area contributed by atoms with Gasteiger partial charge in [0.2, 0.25) is 5.95 Å². The number of hydrogen-bond acceptors (Lipinski definition) is 6. The highest BCUT2D eigenvalue weighted by molar-refractivity contribution is 5.95.